The largest absolute Gasteiger partial charge is 0.493 e. The van der Waals surface area contributed by atoms with E-state index in [1.807, 2.05) is 24.3 Å². The number of nitrogens with one attached hydrogen (secondary N) is 1. The number of rotatable bonds is 11. The van der Waals surface area contributed by atoms with Crippen molar-refractivity contribution < 1.29 is 27.4 Å². The van der Waals surface area contributed by atoms with Gasteiger partial charge in [0.2, 0.25) is 5.91 Å². The van der Waals surface area contributed by atoms with Crippen LogP contribution >= 0.6 is 0 Å². The van der Waals surface area contributed by atoms with Crippen molar-refractivity contribution >= 4 is 21.6 Å². The van der Waals surface area contributed by atoms with Crippen LogP contribution in [0.2, 0.25) is 0 Å². The fourth-order valence-corrected chi connectivity index (χ4v) is 5.20. The Bertz CT molecular complexity index is 1300. The van der Waals surface area contributed by atoms with Crippen molar-refractivity contribution in [3.8, 4) is 17.2 Å². The second-order valence-corrected chi connectivity index (χ2v) is 11.2. The summed E-state index contributed by atoms with van der Waals surface area (Å²) in [5, 5.41) is 2.76. The molecule has 3 aromatic rings. The molecule has 3 aromatic carbocycles. The number of sulfonamides is 1. The second-order valence-electron chi connectivity index (χ2n) is 9.31. The molecule has 0 saturated carbocycles. The van der Waals surface area contributed by atoms with Gasteiger partial charge in [0.15, 0.2) is 11.5 Å². The van der Waals surface area contributed by atoms with E-state index in [1.54, 1.807) is 30.3 Å². The number of methoxy groups -OCH3 is 2. The minimum absolute atomic E-state index is 0.0692. The molecule has 0 bridgehead atoms. The van der Waals surface area contributed by atoms with Crippen molar-refractivity contribution in [3.63, 3.8) is 0 Å². The molecule has 8 nitrogen and oxygen atoms in total. The van der Waals surface area contributed by atoms with Crippen LogP contribution in [0.3, 0.4) is 0 Å². The van der Waals surface area contributed by atoms with E-state index in [4.69, 9.17) is 14.2 Å². The van der Waals surface area contributed by atoms with Crippen LogP contribution in [0.5, 0.6) is 17.2 Å². The highest BCUT2D eigenvalue weighted by Gasteiger charge is 2.28. The number of amides is 1. The van der Waals surface area contributed by atoms with Crippen LogP contribution in [0.4, 0.5) is 5.69 Å². The Morgan fingerprint density at radius 1 is 0.865 bits per heavy atom. The smallest absolute Gasteiger partial charge is 0.264 e. The van der Waals surface area contributed by atoms with Crippen LogP contribution in [0.15, 0.2) is 77.7 Å². The van der Waals surface area contributed by atoms with E-state index in [2.05, 4.69) is 26.1 Å². The summed E-state index contributed by atoms with van der Waals surface area (Å²) in [4.78, 5) is 13.0. The maximum absolute atomic E-state index is 13.5. The first-order valence-corrected chi connectivity index (χ1v) is 13.3. The normalized spacial score (nSPS) is 11.5. The van der Waals surface area contributed by atoms with Crippen LogP contribution in [0.25, 0.3) is 0 Å². The van der Waals surface area contributed by atoms with Gasteiger partial charge in [0.05, 0.1) is 31.3 Å². The molecule has 0 spiro atoms. The molecule has 198 valence electrons. The first-order valence-electron chi connectivity index (χ1n) is 11.9. The molecule has 1 N–H and O–H groups in total. The quantitative estimate of drug-likeness (QED) is 0.373. The molecule has 0 atom stereocenters. The molecule has 0 aliphatic carbocycles. The van der Waals surface area contributed by atoms with Gasteiger partial charge in [-0.25, -0.2) is 8.42 Å². The van der Waals surface area contributed by atoms with E-state index in [9.17, 15) is 13.2 Å². The lowest BCUT2D eigenvalue weighted by molar-refractivity contribution is -0.119. The molecule has 1 amide bonds. The summed E-state index contributed by atoms with van der Waals surface area (Å²) in [6.45, 7) is 6.33. The third-order valence-electron chi connectivity index (χ3n) is 5.65. The van der Waals surface area contributed by atoms with Gasteiger partial charge in [-0.3, -0.25) is 9.10 Å². The summed E-state index contributed by atoms with van der Waals surface area (Å²) in [6, 6.07) is 20.4. The van der Waals surface area contributed by atoms with Gasteiger partial charge in [0.25, 0.3) is 10.0 Å². The van der Waals surface area contributed by atoms with Gasteiger partial charge in [-0.2, -0.15) is 0 Å². The lowest BCUT2D eigenvalue weighted by Crippen LogP contribution is -2.42. The molecule has 0 radical (unpaired) electrons. The number of carbonyl (C=O) groups excluding carboxylic acids is 1. The minimum atomic E-state index is -4.04. The second kappa shape index (κ2) is 12.0. The van der Waals surface area contributed by atoms with Crippen molar-refractivity contribution in [2.45, 2.75) is 31.1 Å². The fraction of sp³-hybridized carbons (Fsp3) is 0.321. The van der Waals surface area contributed by atoms with E-state index in [1.165, 1.54) is 32.4 Å². The maximum Gasteiger partial charge on any atom is 0.264 e. The standard InChI is InChI=1S/C28H34N2O6S/c1-28(2,3)23-13-9-10-14-24(23)36-18-17-29-27(31)20-30(37(32,33)22-11-7-6-8-12-22)21-15-16-25(34-4)26(19-21)35-5/h6-16,19H,17-18,20H2,1-5H3,(H,29,31). The number of carbonyl (C=O) groups is 1. The van der Waals surface area contributed by atoms with Crippen molar-refractivity contribution in [2.24, 2.45) is 0 Å². The Hall–Kier alpha value is -3.72. The van der Waals surface area contributed by atoms with Gasteiger partial charge in [-0.1, -0.05) is 57.2 Å². The van der Waals surface area contributed by atoms with E-state index in [0.29, 0.717) is 11.5 Å². The summed E-state index contributed by atoms with van der Waals surface area (Å²) in [5.74, 6) is 1.07. The summed E-state index contributed by atoms with van der Waals surface area (Å²) >= 11 is 0. The van der Waals surface area contributed by atoms with Gasteiger partial charge in [-0.15, -0.1) is 0 Å². The molecular weight excluding hydrogens is 492 g/mol. The molecule has 0 saturated heterocycles. The van der Waals surface area contributed by atoms with Crippen LogP contribution in [-0.2, 0) is 20.2 Å². The summed E-state index contributed by atoms with van der Waals surface area (Å²) < 4.78 is 44.6. The molecule has 0 aromatic heterocycles. The lowest BCUT2D eigenvalue weighted by Gasteiger charge is -2.25. The average Bonchev–Trinajstić information content (AvgIpc) is 2.89. The maximum atomic E-state index is 13.5. The van der Waals surface area contributed by atoms with Gasteiger partial charge >= 0.3 is 0 Å². The zero-order chi connectivity index (χ0) is 27.1. The number of ether oxygens (including phenoxy) is 3. The molecule has 0 unspecified atom stereocenters. The predicted molar refractivity (Wildman–Crippen MR) is 144 cm³/mol. The zero-order valence-electron chi connectivity index (χ0n) is 21.9. The molecule has 0 heterocycles. The number of hydrogen-bond donors (Lipinski definition) is 1. The number of hydrogen-bond acceptors (Lipinski definition) is 6. The number of para-hydroxylation sites is 1. The highest BCUT2D eigenvalue weighted by molar-refractivity contribution is 7.92. The van der Waals surface area contributed by atoms with Crippen LogP contribution in [-0.4, -0.2) is 48.2 Å². The van der Waals surface area contributed by atoms with Crippen LogP contribution in [0, 0.1) is 0 Å². The van der Waals surface area contributed by atoms with Crippen LogP contribution in [0.1, 0.15) is 26.3 Å². The molecule has 9 heteroatoms. The monoisotopic (exact) mass is 526 g/mol. The van der Waals surface area contributed by atoms with Crippen molar-refractivity contribution in [3.05, 3.63) is 78.4 Å². The van der Waals surface area contributed by atoms with Gasteiger partial charge < -0.3 is 19.5 Å². The fourth-order valence-electron chi connectivity index (χ4n) is 3.76. The molecule has 37 heavy (non-hydrogen) atoms. The third-order valence-corrected chi connectivity index (χ3v) is 7.44. The van der Waals surface area contributed by atoms with Crippen molar-refractivity contribution in [1.29, 1.82) is 0 Å². The van der Waals surface area contributed by atoms with Crippen molar-refractivity contribution in [2.75, 3.05) is 38.2 Å². The Kier molecular flexibility index (Phi) is 9.04. The number of benzene rings is 3. The Morgan fingerprint density at radius 3 is 2.16 bits per heavy atom. The summed E-state index contributed by atoms with van der Waals surface area (Å²) in [5.41, 5.74) is 1.24. The summed E-state index contributed by atoms with van der Waals surface area (Å²) in [6.07, 6.45) is 0. The molecule has 3 rings (SSSR count). The molecule has 0 fully saturated rings. The van der Waals surface area contributed by atoms with Crippen LogP contribution < -0.4 is 23.8 Å². The minimum Gasteiger partial charge on any atom is -0.493 e. The predicted octanol–water partition coefficient (Wildman–Crippen LogP) is 4.39. The number of anilines is 1. The van der Waals surface area contributed by atoms with Gasteiger partial charge in [0.1, 0.15) is 18.9 Å². The number of nitrogens with zero attached hydrogens (tertiary/aromatic N) is 1. The molecular formula is C28H34N2O6S. The first kappa shape index (κ1) is 27.9. The summed E-state index contributed by atoms with van der Waals surface area (Å²) in [7, 11) is -1.09. The highest BCUT2D eigenvalue weighted by atomic mass is 32.2. The van der Waals surface area contributed by atoms with Gasteiger partial charge in [0, 0.05) is 6.07 Å². The Balaban J connectivity index is 1.76. The van der Waals surface area contributed by atoms with Crippen molar-refractivity contribution in [1.82, 2.24) is 5.32 Å². The van der Waals surface area contributed by atoms with Gasteiger partial charge in [-0.05, 0) is 41.3 Å². The van der Waals surface area contributed by atoms with E-state index >= 15 is 0 Å². The van der Waals surface area contributed by atoms with E-state index in [-0.39, 0.29) is 29.1 Å². The lowest BCUT2D eigenvalue weighted by atomic mass is 9.86. The topological polar surface area (TPSA) is 94.2 Å². The molecule has 0 aliphatic rings. The zero-order valence-corrected chi connectivity index (χ0v) is 22.7. The highest BCUT2D eigenvalue weighted by Crippen LogP contribution is 2.34. The third kappa shape index (κ3) is 6.95. The first-order chi connectivity index (χ1) is 17.6. The van der Waals surface area contributed by atoms with E-state index < -0.39 is 22.5 Å². The SMILES string of the molecule is COc1ccc(N(CC(=O)NCCOc2ccccc2C(C)(C)C)S(=O)(=O)c2ccccc2)cc1OC. The Labute approximate surface area is 219 Å². The van der Waals surface area contributed by atoms with E-state index in [0.717, 1.165) is 15.6 Å². The average molecular weight is 527 g/mol. The Morgan fingerprint density at radius 2 is 1.51 bits per heavy atom. The molecule has 0 aliphatic heterocycles.